The predicted molar refractivity (Wildman–Crippen MR) is 66.6 cm³/mol. The third kappa shape index (κ3) is 3.62. The van der Waals surface area contributed by atoms with Crippen molar-refractivity contribution in [2.24, 2.45) is 0 Å². The van der Waals surface area contributed by atoms with E-state index < -0.39 is 6.10 Å². The highest BCUT2D eigenvalue weighted by atomic mass is 16.3. The molecule has 0 saturated carbocycles. The van der Waals surface area contributed by atoms with Crippen LogP contribution in [0.2, 0.25) is 0 Å². The lowest BCUT2D eigenvalue weighted by atomic mass is 9.90. The number of aliphatic hydroxyl groups is 2. The van der Waals surface area contributed by atoms with Crippen LogP contribution in [0.5, 0.6) is 0 Å². The Balaban J connectivity index is 2.70. The molecular formula is C14H22O2. The summed E-state index contributed by atoms with van der Waals surface area (Å²) in [6.07, 6.45) is 2.08. The minimum absolute atomic E-state index is 0.149. The highest BCUT2D eigenvalue weighted by molar-refractivity contribution is 5.25. The maximum absolute atomic E-state index is 9.47. The van der Waals surface area contributed by atoms with Crippen LogP contribution in [0.3, 0.4) is 0 Å². The monoisotopic (exact) mass is 222 g/mol. The molecule has 2 heteroatoms. The maximum atomic E-state index is 9.47. The van der Waals surface area contributed by atoms with E-state index in [1.165, 1.54) is 11.1 Å². The van der Waals surface area contributed by atoms with Gasteiger partial charge in [-0.2, -0.15) is 0 Å². The smallest absolute Gasteiger partial charge is 0.0776 e. The Bertz CT molecular complexity index is 292. The van der Waals surface area contributed by atoms with Gasteiger partial charge in [-0.05, 0) is 36.3 Å². The number of benzene rings is 1. The van der Waals surface area contributed by atoms with E-state index in [1.54, 1.807) is 0 Å². The summed E-state index contributed by atoms with van der Waals surface area (Å²) in [6.45, 7) is 4.11. The van der Waals surface area contributed by atoms with Gasteiger partial charge >= 0.3 is 0 Å². The van der Waals surface area contributed by atoms with Crippen LogP contribution >= 0.6 is 0 Å². The van der Waals surface area contributed by atoms with Crippen molar-refractivity contribution in [3.63, 3.8) is 0 Å². The second kappa shape index (κ2) is 6.66. The first kappa shape index (κ1) is 13.2. The van der Waals surface area contributed by atoms with Crippen LogP contribution in [0.25, 0.3) is 0 Å². The Kier molecular flexibility index (Phi) is 5.50. The lowest BCUT2D eigenvalue weighted by Gasteiger charge is -2.18. The normalized spacial score (nSPS) is 14.8. The molecule has 0 bridgehead atoms. The first-order valence-electron chi connectivity index (χ1n) is 6.09. The molecule has 2 unspecified atom stereocenters. The van der Waals surface area contributed by atoms with Gasteiger partial charge < -0.3 is 10.2 Å². The van der Waals surface area contributed by atoms with Gasteiger partial charge in [-0.25, -0.2) is 0 Å². The van der Waals surface area contributed by atoms with Crippen LogP contribution in [0.1, 0.15) is 43.7 Å². The fourth-order valence-corrected chi connectivity index (χ4v) is 1.97. The van der Waals surface area contributed by atoms with Gasteiger partial charge in [-0.15, -0.1) is 0 Å². The van der Waals surface area contributed by atoms with Crippen molar-refractivity contribution in [3.05, 3.63) is 35.4 Å². The Morgan fingerprint density at radius 2 is 1.75 bits per heavy atom. The maximum Gasteiger partial charge on any atom is 0.0776 e. The third-order valence-electron chi connectivity index (χ3n) is 3.12. The highest BCUT2D eigenvalue weighted by Crippen LogP contribution is 2.25. The van der Waals surface area contributed by atoms with Crippen molar-refractivity contribution >= 4 is 0 Å². The van der Waals surface area contributed by atoms with Gasteiger partial charge in [-0.1, -0.05) is 38.1 Å². The number of rotatable bonds is 6. The second-order valence-corrected chi connectivity index (χ2v) is 4.27. The fraction of sp³-hybridized carbons (Fsp3) is 0.571. The molecule has 2 nitrogen and oxygen atoms in total. The summed E-state index contributed by atoms with van der Waals surface area (Å²) in [7, 11) is 0. The van der Waals surface area contributed by atoms with Gasteiger partial charge in [0.1, 0.15) is 0 Å². The van der Waals surface area contributed by atoms with Crippen molar-refractivity contribution in [1.29, 1.82) is 0 Å². The van der Waals surface area contributed by atoms with Crippen LogP contribution in [-0.4, -0.2) is 22.9 Å². The molecular weight excluding hydrogens is 200 g/mol. The molecule has 0 aliphatic carbocycles. The summed E-state index contributed by atoms with van der Waals surface area (Å²) in [5.41, 5.74) is 2.59. The molecule has 0 amide bonds. The first-order valence-corrected chi connectivity index (χ1v) is 6.09. The molecule has 0 fully saturated rings. The average Bonchev–Trinajstić information content (AvgIpc) is 2.35. The molecule has 0 radical (unpaired) electrons. The summed E-state index contributed by atoms with van der Waals surface area (Å²) in [4.78, 5) is 0. The zero-order chi connectivity index (χ0) is 12.0. The Morgan fingerprint density at radius 1 is 1.12 bits per heavy atom. The van der Waals surface area contributed by atoms with Crippen LogP contribution in [0.15, 0.2) is 24.3 Å². The van der Waals surface area contributed by atoms with E-state index in [9.17, 15) is 5.11 Å². The minimum Gasteiger partial charge on any atom is -0.394 e. The van der Waals surface area contributed by atoms with Crippen molar-refractivity contribution in [2.75, 3.05) is 6.61 Å². The van der Waals surface area contributed by atoms with Gasteiger partial charge in [-0.3, -0.25) is 0 Å². The summed E-state index contributed by atoms with van der Waals surface area (Å²) in [5, 5.41) is 18.3. The fourth-order valence-electron chi connectivity index (χ4n) is 1.97. The molecule has 0 aliphatic rings. The van der Waals surface area contributed by atoms with Gasteiger partial charge in [0.2, 0.25) is 0 Å². The first-order chi connectivity index (χ1) is 7.71. The summed E-state index contributed by atoms with van der Waals surface area (Å²) in [5.74, 6) is 0.341. The second-order valence-electron chi connectivity index (χ2n) is 4.27. The van der Waals surface area contributed by atoms with E-state index in [4.69, 9.17) is 5.11 Å². The molecule has 0 saturated heterocycles. The van der Waals surface area contributed by atoms with Crippen LogP contribution < -0.4 is 0 Å². The number of aryl methyl sites for hydroxylation is 1. The summed E-state index contributed by atoms with van der Waals surface area (Å²) in [6, 6.07) is 8.56. The predicted octanol–water partition coefficient (Wildman–Crippen LogP) is 2.49. The minimum atomic E-state index is -0.601. The molecule has 0 aromatic heterocycles. The SMILES string of the molecule is CCc1ccc(C(CC)CC(O)CO)cc1. The number of hydrogen-bond donors (Lipinski definition) is 2. The molecule has 0 heterocycles. The van der Waals surface area contributed by atoms with Gasteiger partial charge in [0.05, 0.1) is 12.7 Å². The van der Waals surface area contributed by atoms with Gasteiger partial charge in [0, 0.05) is 0 Å². The topological polar surface area (TPSA) is 40.5 Å². The van der Waals surface area contributed by atoms with E-state index in [-0.39, 0.29) is 6.61 Å². The largest absolute Gasteiger partial charge is 0.394 e. The molecule has 1 rings (SSSR count). The lowest BCUT2D eigenvalue weighted by Crippen LogP contribution is -2.16. The third-order valence-corrected chi connectivity index (χ3v) is 3.12. The summed E-state index contributed by atoms with van der Waals surface area (Å²) >= 11 is 0. The van der Waals surface area contributed by atoms with Gasteiger partial charge in [0.25, 0.3) is 0 Å². The Labute approximate surface area is 97.9 Å². The van der Waals surface area contributed by atoms with E-state index in [1.807, 2.05) is 0 Å². The van der Waals surface area contributed by atoms with Crippen molar-refractivity contribution in [3.8, 4) is 0 Å². The number of hydrogen-bond acceptors (Lipinski definition) is 2. The number of aliphatic hydroxyl groups excluding tert-OH is 2. The van der Waals surface area contributed by atoms with Crippen molar-refractivity contribution in [2.45, 2.75) is 45.1 Å². The van der Waals surface area contributed by atoms with Crippen LogP contribution in [0, 0.1) is 0 Å². The van der Waals surface area contributed by atoms with Crippen molar-refractivity contribution in [1.82, 2.24) is 0 Å². The van der Waals surface area contributed by atoms with Crippen LogP contribution in [-0.2, 0) is 6.42 Å². The molecule has 2 N–H and O–H groups in total. The van der Waals surface area contributed by atoms with E-state index in [0.29, 0.717) is 12.3 Å². The van der Waals surface area contributed by atoms with Crippen molar-refractivity contribution < 1.29 is 10.2 Å². The Hall–Kier alpha value is -0.860. The van der Waals surface area contributed by atoms with E-state index >= 15 is 0 Å². The molecule has 0 spiro atoms. The Morgan fingerprint density at radius 3 is 2.19 bits per heavy atom. The molecule has 1 aromatic rings. The summed E-state index contributed by atoms with van der Waals surface area (Å²) < 4.78 is 0. The van der Waals surface area contributed by atoms with Crippen LogP contribution in [0.4, 0.5) is 0 Å². The quantitative estimate of drug-likeness (QED) is 0.776. The molecule has 2 atom stereocenters. The molecule has 1 aromatic carbocycles. The van der Waals surface area contributed by atoms with Gasteiger partial charge in [0.15, 0.2) is 0 Å². The molecule has 16 heavy (non-hydrogen) atoms. The lowest BCUT2D eigenvalue weighted by molar-refractivity contribution is 0.0817. The average molecular weight is 222 g/mol. The standard InChI is InChI=1S/C14H22O2/c1-3-11-5-7-13(8-6-11)12(4-2)9-14(16)10-15/h5-8,12,14-16H,3-4,9-10H2,1-2H3. The zero-order valence-electron chi connectivity index (χ0n) is 10.2. The van der Waals surface area contributed by atoms with E-state index in [0.717, 1.165) is 12.8 Å². The van der Waals surface area contributed by atoms with E-state index in [2.05, 4.69) is 38.1 Å². The zero-order valence-corrected chi connectivity index (χ0v) is 10.2. The molecule has 0 aliphatic heterocycles. The highest BCUT2D eigenvalue weighted by Gasteiger charge is 2.14. The molecule has 90 valence electrons.